The predicted molar refractivity (Wildman–Crippen MR) is 81.6 cm³/mol. The Labute approximate surface area is 127 Å². The van der Waals surface area contributed by atoms with Crippen LogP contribution in [0.5, 0.6) is 0 Å². The molecule has 0 unspecified atom stereocenters. The van der Waals surface area contributed by atoms with Gasteiger partial charge in [-0.15, -0.1) is 0 Å². The monoisotopic (exact) mass is 391 g/mol. The second-order valence-electron chi connectivity index (χ2n) is 4.63. The van der Waals surface area contributed by atoms with Gasteiger partial charge >= 0.3 is 5.69 Å². The Hall–Kier alpha value is -1.65. The van der Waals surface area contributed by atoms with Crippen LogP contribution in [0.25, 0.3) is 11.2 Å². The van der Waals surface area contributed by atoms with Gasteiger partial charge in [0, 0.05) is 50.8 Å². The molecule has 0 aliphatic carbocycles. The van der Waals surface area contributed by atoms with Crippen LogP contribution in [0.4, 0.5) is 0 Å². The third kappa shape index (κ3) is 2.15. The number of carbonyl (C=O) groups excluding carboxylic acids is 1. The van der Waals surface area contributed by atoms with E-state index in [1.165, 1.54) is 16.5 Å². The van der Waals surface area contributed by atoms with E-state index >= 15 is 0 Å². The fourth-order valence-electron chi connectivity index (χ4n) is 1.88. The highest BCUT2D eigenvalue weighted by molar-refractivity contribution is 14.1. The van der Waals surface area contributed by atoms with Gasteiger partial charge in [-0.1, -0.05) is 0 Å². The first kappa shape index (κ1) is 14.8. The molecule has 108 valence electrons. The van der Waals surface area contributed by atoms with Crippen molar-refractivity contribution in [3.8, 4) is 0 Å². The number of carbonyl (C=O) groups is 1. The number of likely N-dealkylation sites (N-methyl/N-ethyl adjacent to an activating group) is 1. The Morgan fingerprint density at radius 2 is 1.85 bits per heavy atom. The molecule has 0 fully saturated rings. The molecule has 1 amide bonds. The maximum absolute atomic E-state index is 12.1. The summed E-state index contributed by atoms with van der Waals surface area (Å²) in [6.07, 6.45) is 0. The van der Waals surface area contributed by atoms with E-state index in [9.17, 15) is 14.4 Å². The Morgan fingerprint density at radius 1 is 1.25 bits per heavy atom. The lowest BCUT2D eigenvalue weighted by Crippen LogP contribution is -2.38. The summed E-state index contributed by atoms with van der Waals surface area (Å²) in [6, 6.07) is 0. The van der Waals surface area contributed by atoms with E-state index in [1.807, 2.05) is 22.6 Å². The molecule has 2 heterocycles. The molecule has 8 nitrogen and oxygen atoms in total. The fourth-order valence-corrected chi connectivity index (χ4v) is 2.52. The number of halogens is 1. The van der Waals surface area contributed by atoms with Gasteiger partial charge in [0.25, 0.3) is 5.56 Å². The van der Waals surface area contributed by atoms with Crippen molar-refractivity contribution in [2.45, 2.75) is 6.54 Å². The maximum atomic E-state index is 12.1. The largest absolute Gasteiger partial charge is 0.347 e. The number of aromatic nitrogens is 4. The van der Waals surface area contributed by atoms with Crippen molar-refractivity contribution >= 4 is 39.7 Å². The summed E-state index contributed by atoms with van der Waals surface area (Å²) in [7, 11) is 6.25. The van der Waals surface area contributed by atoms with E-state index in [4.69, 9.17) is 0 Å². The average Bonchev–Trinajstić information content (AvgIpc) is 2.71. The minimum absolute atomic E-state index is 0.0300. The molecule has 0 aromatic carbocycles. The predicted octanol–water partition coefficient (Wildman–Crippen LogP) is -0.874. The highest BCUT2D eigenvalue weighted by atomic mass is 127. The summed E-state index contributed by atoms with van der Waals surface area (Å²) in [4.78, 5) is 41.5. The molecule has 9 heteroatoms. The van der Waals surface area contributed by atoms with Gasteiger partial charge in [-0.25, -0.2) is 9.78 Å². The quantitative estimate of drug-likeness (QED) is 0.492. The lowest BCUT2D eigenvalue weighted by atomic mass is 10.5. The van der Waals surface area contributed by atoms with Gasteiger partial charge in [-0.05, 0) is 0 Å². The van der Waals surface area contributed by atoms with Crippen LogP contribution in [0.2, 0.25) is 0 Å². The number of fused-ring (bicyclic) bond motifs is 1. The zero-order chi connectivity index (χ0) is 15.2. The van der Waals surface area contributed by atoms with Gasteiger partial charge < -0.3 is 4.90 Å². The number of amides is 1. The molecule has 0 N–H and O–H groups in total. The average molecular weight is 391 g/mol. The molecular weight excluding hydrogens is 377 g/mol. The number of nitrogens with zero attached hydrogens (tertiary/aromatic N) is 5. The molecule has 0 radical (unpaired) electrons. The Bertz CT molecular complexity index is 814. The van der Waals surface area contributed by atoms with Gasteiger partial charge in [0.05, 0.1) is 0 Å². The molecule has 0 spiro atoms. The van der Waals surface area contributed by atoms with Crippen molar-refractivity contribution < 1.29 is 4.79 Å². The van der Waals surface area contributed by atoms with E-state index in [0.29, 0.717) is 9.48 Å². The van der Waals surface area contributed by atoms with Crippen LogP contribution in [0.3, 0.4) is 0 Å². The van der Waals surface area contributed by atoms with Crippen LogP contribution in [0.1, 0.15) is 0 Å². The summed E-state index contributed by atoms with van der Waals surface area (Å²) >= 11 is 1.94. The SMILES string of the molecule is CN(C)C(=O)Cn1c(I)nc2c(=O)n(C)c(=O)n(C)c21. The summed E-state index contributed by atoms with van der Waals surface area (Å²) < 4.78 is 4.39. The normalized spacial score (nSPS) is 11.1. The Morgan fingerprint density at radius 3 is 2.40 bits per heavy atom. The van der Waals surface area contributed by atoms with Gasteiger partial charge in [-0.3, -0.25) is 23.3 Å². The lowest BCUT2D eigenvalue weighted by molar-refractivity contribution is -0.129. The number of imidazole rings is 1. The minimum Gasteiger partial charge on any atom is -0.347 e. The van der Waals surface area contributed by atoms with Crippen LogP contribution in [-0.2, 0) is 25.4 Å². The van der Waals surface area contributed by atoms with E-state index < -0.39 is 11.2 Å². The molecule has 0 saturated heterocycles. The molecule has 0 saturated carbocycles. The molecule has 0 atom stereocenters. The fraction of sp³-hybridized carbons (Fsp3) is 0.455. The Kier molecular flexibility index (Phi) is 3.71. The second kappa shape index (κ2) is 5.04. The first-order valence-corrected chi connectivity index (χ1v) is 6.85. The van der Waals surface area contributed by atoms with E-state index in [1.54, 1.807) is 25.7 Å². The number of aryl methyl sites for hydroxylation is 1. The van der Waals surface area contributed by atoms with Crippen LogP contribution in [-0.4, -0.2) is 43.6 Å². The summed E-state index contributed by atoms with van der Waals surface area (Å²) in [5.74, 6) is -0.143. The molecule has 0 aliphatic rings. The van der Waals surface area contributed by atoms with Crippen molar-refractivity contribution in [3.63, 3.8) is 0 Å². The Balaban J connectivity index is 2.81. The third-order valence-electron chi connectivity index (χ3n) is 3.09. The highest BCUT2D eigenvalue weighted by Gasteiger charge is 2.19. The first-order chi connectivity index (χ1) is 9.25. The van der Waals surface area contributed by atoms with Crippen molar-refractivity contribution in [2.24, 2.45) is 14.1 Å². The van der Waals surface area contributed by atoms with Crippen molar-refractivity contribution in [1.29, 1.82) is 0 Å². The summed E-state index contributed by atoms with van der Waals surface area (Å²) in [5.41, 5.74) is -0.363. The topological polar surface area (TPSA) is 82.1 Å². The van der Waals surface area contributed by atoms with Crippen LogP contribution in [0.15, 0.2) is 9.59 Å². The number of hydrogen-bond donors (Lipinski definition) is 0. The second-order valence-corrected chi connectivity index (χ2v) is 5.60. The van der Waals surface area contributed by atoms with Crippen molar-refractivity contribution in [2.75, 3.05) is 14.1 Å². The van der Waals surface area contributed by atoms with Crippen molar-refractivity contribution in [3.05, 3.63) is 24.7 Å². The van der Waals surface area contributed by atoms with Crippen LogP contribution in [0, 0.1) is 3.83 Å². The number of rotatable bonds is 2. The summed E-state index contributed by atoms with van der Waals surface area (Å²) in [6.45, 7) is 0.0300. The molecule has 0 bridgehead atoms. The zero-order valence-electron chi connectivity index (χ0n) is 11.5. The molecular formula is C11H14IN5O3. The molecule has 2 aromatic rings. The first-order valence-electron chi connectivity index (χ1n) is 5.77. The van der Waals surface area contributed by atoms with Crippen LogP contribution >= 0.6 is 22.6 Å². The maximum Gasteiger partial charge on any atom is 0.332 e. The zero-order valence-corrected chi connectivity index (χ0v) is 13.7. The van der Waals surface area contributed by atoms with Gasteiger partial charge in [0.15, 0.2) is 15.0 Å². The molecule has 2 rings (SSSR count). The minimum atomic E-state index is -0.461. The van der Waals surface area contributed by atoms with Crippen molar-refractivity contribution in [1.82, 2.24) is 23.6 Å². The van der Waals surface area contributed by atoms with E-state index in [-0.39, 0.29) is 18.0 Å². The van der Waals surface area contributed by atoms with Crippen LogP contribution < -0.4 is 11.2 Å². The highest BCUT2D eigenvalue weighted by Crippen LogP contribution is 2.13. The van der Waals surface area contributed by atoms with Gasteiger partial charge in [0.1, 0.15) is 6.54 Å². The lowest BCUT2D eigenvalue weighted by Gasteiger charge is -2.13. The molecule has 2 aromatic heterocycles. The molecule has 0 aliphatic heterocycles. The molecule has 20 heavy (non-hydrogen) atoms. The van der Waals surface area contributed by atoms with E-state index in [2.05, 4.69) is 4.98 Å². The van der Waals surface area contributed by atoms with Gasteiger partial charge in [0.2, 0.25) is 5.91 Å². The third-order valence-corrected chi connectivity index (χ3v) is 3.91. The standard InChI is InChI=1S/C11H14IN5O3/c1-14(2)6(18)5-17-8-7(13-10(17)12)9(19)16(4)11(20)15(8)3/h5H2,1-4H3. The van der Waals surface area contributed by atoms with Gasteiger partial charge in [-0.2, -0.15) is 0 Å². The smallest absolute Gasteiger partial charge is 0.332 e. The summed E-state index contributed by atoms with van der Waals surface area (Å²) in [5, 5.41) is 0. The van der Waals surface area contributed by atoms with E-state index in [0.717, 1.165) is 4.57 Å². The number of hydrogen-bond acceptors (Lipinski definition) is 4.